The molecule has 1 saturated heterocycles. The Labute approximate surface area is 135 Å². The van der Waals surface area contributed by atoms with Crippen LogP contribution in [0.1, 0.15) is 49.2 Å². The lowest BCUT2D eigenvalue weighted by atomic mass is 9.93. The smallest absolute Gasteiger partial charge is 0.303 e. The van der Waals surface area contributed by atoms with Crippen molar-refractivity contribution in [1.29, 1.82) is 0 Å². The van der Waals surface area contributed by atoms with Gasteiger partial charge in [-0.15, -0.1) is 11.3 Å². The lowest BCUT2D eigenvalue weighted by Crippen LogP contribution is -2.40. The maximum atomic E-state index is 12.3. The number of carbonyl (C=O) groups excluding carboxylic acids is 1. The number of rotatable bonds is 7. The number of amides is 1. The Kier molecular flexibility index (Phi) is 6.36. The maximum Gasteiger partial charge on any atom is 0.303 e. The largest absolute Gasteiger partial charge is 0.481 e. The van der Waals surface area contributed by atoms with E-state index < -0.39 is 5.97 Å². The van der Waals surface area contributed by atoms with Crippen molar-refractivity contribution >= 4 is 23.2 Å². The molecule has 1 fully saturated rings. The SMILES string of the molecule is Cc1csc(CCCC(=O)N2CCCC(CCC(=O)O)C2)n1. The molecule has 1 atom stereocenters. The van der Waals surface area contributed by atoms with Crippen molar-refractivity contribution in [2.75, 3.05) is 13.1 Å². The molecule has 0 radical (unpaired) electrons. The third kappa shape index (κ3) is 5.40. The molecule has 0 bridgehead atoms. The first-order valence-corrected chi connectivity index (χ1v) is 8.83. The molecule has 2 heterocycles. The normalized spacial score (nSPS) is 18.4. The van der Waals surface area contributed by atoms with Gasteiger partial charge >= 0.3 is 5.97 Å². The molecule has 22 heavy (non-hydrogen) atoms. The predicted molar refractivity (Wildman–Crippen MR) is 86.0 cm³/mol. The van der Waals surface area contributed by atoms with Crippen LogP contribution in [-0.4, -0.2) is 40.0 Å². The van der Waals surface area contributed by atoms with Crippen LogP contribution in [0.15, 0.2) is 5.38 Å². The molecule has 2 rings (SSSR count). The minimum absolute atomic E-state index is 0.202. The molecule has 1 aliphatic rings. The molecular weight excluding hydrogens is 300 g/mol. The molecule has 0 aliphatic carbocycles. The lowest BCUT2D eigenvalue weighted by molar-refractivity contribution is -0.137. The molecule has 5 nitrogen and oxygen atoms in total. The van der Waals surface area contributed by atoms with Crippen LogP contribution in [0.5, 0.6) is 0 Å². The fourth-order valence-electron chi connectivity index (χ4n) is 2.92. The van der Waals surface area contributed by atoms with E-state index in [0.29, 0.717) is 18.8 Å². The van der Waals surface area contributed by atoms with Crippen LogP contribution in [0.3, 0.4) is 0 Å². The zero-order valence-corrected chi connectivity index (χ0v) is 13.9. The van der Waals surface area contributed by atoms with Crippen LogP contribution in [0.2, 0.25) is 0 Å². The molecule has 1 aliphatic heterocycles. The van der Waals surface area contributed by atoms with E-state index in [4.69, 9.17) is 5.11 Å². The zero-order chi connectivity index (χ0) is 15.9. The first-order chi connectivity index (χ1) is 10.5. The van der Waals surface area contributed by atoms with Gasteiger partial charge in [0.15, 0.2) is 0 Å². The number of piperidine rings is 1. The number of carboxylic acid groups (broad SMARTS) is 1. The minimum Gasteiger partial charge on any atom is -0.481 e. The standard InChI is InChI=1S/C16H24N2O3S/c1-12-11-22-14(17-12)5-2-6-15(19)18-9-3-4-13(10-18)7-8-16(20)21/h11,13H,2-10H2,1H3,(H,20,21). The molecule has 1 aromatic rings. The fourth-order valence-corrected chi connectivity index (χ4v) is 3.74. The van der Waals surface area contributed by atoms with Crippen LogP contribution in [0, 0.1) is 12.8 Å². The van der Waals surface area contributed by atoms with E-state index in [1.54, 1.807) is 11.3 Å². The highest BCUT2D eigenvalue weighted by Gasteiger charge is 2.23. The molecule has 0 saturated carbocycles. The molecule has 0 spiro atoms. The third-order valence-electron chi connectivity index (χ3n) is 4.09. The van der Waals surface area contributed by atoms with Gasteiger partial charge in [0, 0.05) is 37.0 Å². The highest BCUT2D eigenvalue weighted by Crippen LogP contribution is 2.22. The molecule has 1 N–H and O–H groups in total. The monoisotopic (exact) mass is 324 g/mol. The summed E-state index contributed by atoms with van der Waals surface area (Å²) in [5, 5.41) is 11.9. The number of carboxylic acids is 1. The Morgan fingerprint density at radius 2 is 2.27 bits per heavy atom. The number of nitrogens with zero attached hydrogens (tertiary/aromatic N) is 2. The summed E-state index contributed by atoms with van der Waals surface area (Å²) in [6, 6.07) is 0. The summed E-state index contributed by atoms with van der Waals surface area (Å²) in [7, 11) is 0. The molecule has 1 aromatic heterocycles. The van der Waals surface area contributed by atoms with Crippen LogP contribution in [-0.2, 0) is 16.0 Å². The van der Waals surface area contributed by atoms with Crippen molar-refractivity contribution in [3.63, 3.8) is 0 Å². The first-order valence-electron chi connectivity index (χ1n) is 7.95. The highest BCUT2D eigenvalue weighted by molar-refractivity contribution is 7.09. The third-order valence-corrected chi connectivity index (χ3v) is 5.11. The number of thiazole rings is 1. The summed E-state index contributed by atoms with van der Waals surface area (Å²) in [4.78, 5) is 29.3. The van der Waals surface area contributed by atoms with Gasteiger partial charge < -0.3 is 10.0 Å². The minimum atomic E-state index is -0.748. The second-order valence-corrected chi connectivity index (χ2v) is 6.96. The quantitative estimate of drug-likeness (QED) is 0.837. The van der Waals surface area contributed by atoms with E-state index in [2.05, 4.69) is 4.98 Å². The summed E-state index contributed by atoms with van der Waals surface area (Å²) >= 11 is 1.65. The van der Waals surface area contributed by atoms with E-state index in [1.807, 2.05) is 17.2 Å². The van der Waals surface area contributed by atoms with Gasteiger partial charge in [-0.3, -0.25) is 9.59 Å². The number of carbonyl (C=O) groups is 2. The van der Waals surface area contributed by atoms with E-state index in [1.165, 1.54) is 0 Å². The molecular formula is C16H24N2O3S. The zero-order valence-electron chi connectivity index (χ0n) is 13.1. The molecule has 1 unspecified atom stereocenters. The average Bonchev–Trinajstić information content (AvgIpc) is 2.91. The summed E-state index contributed by atoms with van der Waals surface area (Å²) in [5.41, 5.74) is 1.05. The summed E-state index contributed by atoms with van der Waals surface area (Å²) in [6.07, 6.45) is 5.16. The Balaban J connectivity index is 1.70. The average molecular weight is 324 g/mol. The van der Waals surface area contributed by atoms with Crippen molar-refractivity contribution in [3.8, 4) is 0 Å². The van der Waals surface area contributed by atoms with Crippen molar-refractivity contribution in [2.24, 2.45) is 5.92 Å². The second kappa shape index (κ2) is 8.27. The molecule has 0 aromatic carbocycles. The number of aromatic nitrogens is 1. The van der Waals surface area contributed by atoms with Crippen LogP contribution in [0.25, 0.3) is 0 Å². The highest BCUT2D eigenvalue weighted by atomic mass is 32.1. The van der Waals surface area contributed by atoms with E-state index in [0.717, 1.165) is 49.5 Å². The number of likely N-dealkylation sites (tertiary alicyclic amines) is 1. The van der Waals surface area contributed by atoms with Crippen LogP contribution in [0.4, 0.5) is 0 Å². The Morgan fingerprint density at radius 3 is 2.95 bits per heavy atom. The van der Waals surface area contributed by atoms with Gasteiger partial charge in [0.1, 0.15) is 0 Å². The maximum absolute atomic E-state index is 12.3. The van der Waals surface area contributed by atoms with E-state index in [9.17, 15) is 9.59 Å². The molecule has 6 heteroatoms. The molecule has 122 valence electrons. The summed E-state index contributed by atoms with van der Waals surface area (Å²) in [6.45, 7) is 3.53. The summed E-state index contributed by atoms with van der Waals surface area (Å²) < 4.78 is 0. The number of hydrogen-bond donors (Lipinski definition) is 1. The van der Waals surface area contributed by atoms with Crippen molar-refractivity contribution in [3.05, 3.63) is 16.1 Å². The topological polar surface area (TPSA) is 70.5 Å². The number of aliphatic carboxylic acids is 1. The van der Waals surface area contributed by atoms with Gasteiger partial charge in [0.25, 0.3) is 0 Å². The van der Waals surface area contributed by atoms with Gasteiger partial charge in [-0.25, -0.2) is 4.98 Å². The Hall–Kier alpha value is -1.43. The second-order valence-electron chi connectivity index (χ2n) is 6.02. The predicted octanol–water partition coefficient (Wildman–Crippen LogP) is 2.88. The van der Waals surface area contributed by atoms with Gasteiger partial charge in [0.05, 0.1) is 5.01 Å². The van der Waals surface area contributed by atoms with Crippen LogP contribution >= 0.6 is 11.3 Å². The Bertz CT molecular complexity index is 515. The van der Waals surface area contributed by atoms with Crippen molar-refractivity contribution in [2.45, 2.75) is 51.9 Å². The van der Waals surface area contributed by atoms with E-state index in [-0.39, 0.29) is 12.3 Å². The van der Waals surface area contributed by atoms with Gasteiger partial charge in [-0.1, -0.05) is 0 Å². The van der Waals surface area contributed by atoms with Crippen molar-refractivity contribution in [1.82, 2.24) is 9.88 Å². The Morgan fingerprint density at radius 1 is 1.45 bits per heavy atom. The number of hydrogen-bond acceptors (Lipinski definition) is 4. The fraction of sp³-hybridized carbons (Fsp3) is 0.688. The van der Waals surface area contributed by atoms with Gasteiger partial charge in [0.2, 0.25) is 5.91 Å². The van der Waals surface area contributed by atoms with Gasteiger partial charge in [-0.05, 0) is 44.9 Å². The van der Waals surface area contributed by atoms with Crippen LogP contribution < -0.4 is 0 Å². The van der Waals surface area contributed by atoms with E-state index >= 15 is 0 Å². The van der Waals surface area contributed by atoms with Gasteiger partial charge in [-0.2, -0.15) is 0 Å². The first kappa shape index (κ1) is 16.9. The molecule has 1 amide bonds. The lowest BCUT2D eigenvalue weighted by Gasteiger charge is -2.32. The summed E-state index contributed by atoms with van der Waals surface area (Å²) in [5.74, 6) is -0.203. The van der Waals surface area contributed by atoms with Crippen molar-refractivity contribution < 1.29 is 14.7 Å². The number of aryl methyl sites for hydroxylation is 2.